The minimum Gasteiger partial charge on any atom is -0.444 e. The number of nitrogens with zero attached hydrogens (tertiary/aromatic N) is 1. The summed E-state index contributed by atoms with van der Waals surface area (Å²) in [5, 5.41) is 0.627. The molecule has 0 aliphatic rings. The number of ether oxygens (including phenoxy) is 1. The van der Waals surface area contributed by atoms with Gasteiger partial charge in [0.25, 0.3) is 0 Å². The van der Waals surface area contributed by atoms with Gasteiger partial charge in [-0.25, -0.2) is 4.79 Å². The summed E-state index contributed by atoms with van der Waals surface area (Å²) in [5.41, 5.74) is -0.259. The summed E-state index contributed by atoms with van der Waals surface area (Å²) < 4.78 is 5.34. The van der Waals surface area contributed by atoms with Gasteiger partial charge in [-0.2, -0.15) is 0 Å². The van der Waals surface area contributed by atoms with Gasteiger partial charge in [0, 0.05) is 17.5 Å². The summed E-state index contributed by atoms with van der Waals surface area (Å²) in [6, 6.07) is 6.62. The molecular formula is C17H24ClNO3. The standard InChI is InChI=1S/C17H24ClNO3/c1-16(2,3)22-15(21)19(6)14(11-20)17(4,5)12-7-9-13(18)10-8-12/h7-11,14H,1-6H3. The first-order valence-electron chi connectivity index (χ1n) is 7.16. The quantitative estimate of drug-likeness (QED) is 0.784. The van der Waals surface area contributed by atoms with E-state index >= 15 is 0 Å². The first kappa shape index (κ1) is 18.5. The zero-order valence-electron chi connectivity index (χ0n) is 14.0. The average Bonchev–Trinajstić information content (AvgIpc) is 2.37. The molecule has 122 valence electrons. The number of hydrogen-bond acceptors (Lipinski definition) is 3. The third-order valence-corrected chi connectivity index (χ3v) is 3.81. The first-order chi connectivity index (χ1) is 9.99. The Hall–Kier alpha value is -1.55. The highest BCUT2D eigenvalue weighted by molar-refractivity contribution is 6.30. The van der Waals surface area contributed by atoms with Gasteiger partial charge >= 0.3 is 6.09 Å². The molecule has 0 aliphatic carbocycles. The fourth-order valence-electron chi connectivity index (χ4n) is 2.24. The molecule has 0 aromatic heterocycles. The number of amides is 1. The molecule has 1 unspecified atom stereocenters. The highest BCUT2D eigenvalue weighted by Gasteiger charge is 2.37. The minimum absolute atomic E-state index is 0.522. The van der Waals surface area contributed by atoms with Crippen LogP contribution in [0.3, 0.4) is 0 Å². The summed E-state index contributed by atoms with van der Waals surface area (Å²) >= 11 is 5.91. The lowest BCUT2D eigenvalue weighted by Crippen LogP contribution is -2.50. The van der Waals surface area contributed by atoms with Crippen LogP contribution in [0.15, 0.2) is 24.3 Å². The van der Waals surface area contributed by atoms with Crippen molar-refractivity contribution in [3.05, 3.63) is 34.9 Å². The molecular weight excluding hydrogens is 302 g/mol. The third kappa shape index (κ3) is 4.47. The van der Waals surface area contributed by atoms with Crippen molar-refractivity contribution in [2.45, 2.75) is 51.7 Å². The molecule has 22 heavy (non-hydrogen) atoms. The summed E-state index contributed by atoms with van der Waals surface area (Å²) in [6.45, 7) is 9.20. The topological polar surface area (TPSA) is 46.6 Å². The van der Waals surface area contributed by atoms with Gasteiger partial charge in [0.05, 0.1) is 6.04 Å². The van der Waals surface area contributed by atoms with E-state index in [1.807, 2.05) is 26.0 Å². The van der Waals surface area contributed by atoms with E-state index < -0.39 is 23.2 Å². The van der Waals surface area contributed by atoms with Crippen LogP contribution in [0.2, 0.25) is 5.02 Å². The Morgan fingerprint density at radius 3 is 2.09 bits per heavy atom. The van der Waals surface area contributed by atoms with Gasteiger partial charge in [0.2, 0.25) is 0 Å². The third-order valence-electron chi connectivity index (χ3n) is 3.56. The molecule has 0 aliphatic heterocycles. The van der Waals surface area contributed by atoms with Crippen LogP contribution >= 0.6 is 11.6 Å². The zero-order valence-corrected chi connectivity index (χ0v) is 14.8. The molecule has 0 saturated carbocycles. The van der Waals surface area contributed by atoms with Crippen molar-refractivity contribution in [2.24, 2.45) is 0 Å². The molecule has 0 spiro atoms. The molecule has 0 fully saturated rings. The van der Waals surface area contributed by atoms with E-state index in [9.17, 15) is 9.59 Å². The fraction of sp³-hybridized carbons (Fsp3) is 0.529. The summed E-state index contributed by atoms with van der Waals surface area (Å²) in [6.07, 6.45) is 0.255. The zero-order chi connectivity index (χ0) is 17.1. The molecule has 0 saturated heterocycles. The maximum absolute atomic E-state index is 12.2. The predicted molar refractivity (Wildman–Crippen MR) is 88.3 cm³/mol. The van der Waals surface area contributed by atoms with Crippen LogP contribution < -0.4 is 0 Å². The highest BCUT2D eigenvalue weighted by atomic mass is 35.5. The molecule has 1 atom stereocenters. The maximum Gasteiger partial charge on any atom is 0.410 e. The van der Waals surface area contributed by atoms with Gasteiger partial charge < -0.3 is 14.4 Å². The number of rotatable bonds is 4. The molecule has 1 aromatic carbocycles. The molecule has 0 bridgehead atoms. The second-order valence-electron chi connectivity index (χ2n) is 6.90. The lowest BCUT2D eigenvalue weighted by molar-refractivity contribution is -0.114. The largest absolute Gasteiger partial charge is 0.444 e. The minimum atomic E-state index is -0.650. The summed E-state index contributed by atoms with van der Waals surface area (Å²) in [5.74, 6) is 0. The van der Waals surface area contributed by atoms with Crippen molar-refractivity contribution in [2.75, 3.05) is 7.05 Å². The number of likely N-dealkylation sites (N-methyl/N-ethyl adjacent to an activating group) is 1. The normalized spacial score (nSPS) is 13.4. The monoisotopic (exact) mass is 325 g/mol. The number of hydrogen-bond donors (Lipinski definition) is 0. The van der Waals surface area contributed by atoms with E-state index in [0.717, 1.165) is 11.8 Å². The van der Waals surface area contributed by atoms with Crippen LogP contribution in [-0.2, 0) is 14.9 Å². The molecule has 1 aromatic rings. The first-order valence-corrected chi connectivity index (χ1v) is 7.54. The van der Waals surface area contributed by atoms with Crippen LogP contribution in [0.25, 0.3) is 0 Å². The second kappa shape index (κ2) is 6.69. The van der Waals surface area contributed by atoms with Gasteiger partial charge in [-0.05, 0) is 38.5 Å². The highest BCUT2D eigenvalue weighted by Crippen LogP contribution is 2.30. The van der Waals surface area contributed by atoms with E-state index in [1.165, 1.54) is 4.90 Å². The van der Waals surface area contributed by atoms with E-state index in [2.05, 4.69) is 0 Å². The number of halogens is 1. The lowest BCUT2D eigenvalue weighted by Gasteiger charge is -2.37. The molecule has 0 radical (unpaired) electrons. The fourth-order valence-corrected chi connectivity index (χ4v) is 2.37. The summed E-state index contributed by atoms with van der Waals surface area (Å²) in [7, 11) is 1.57. The molecule has 1 amide bonds. The number of carbonyl (C=O) groups excluding carboxylic acids is 2. The Balaban J connectivity index is 3.05. The van der Waals surface area contributed by atoms with Crippen molar-refractivity contribution in [3.8, 4) is 0 Å². The average molecular weight is 326 g/mol. The lowest BCUT2D eigenvalue weighted by atomic mass is 9.77. The van der Waals surface area contributed by atoms with Crippen LogP contribution in [-0.4, -0.2) is 36.0 Å². The molecule has 5 heteroatoms. The predicted octanol–water partition coefficient (Wildman–Crippen LogP) is 4.05. The number of carbonyl (C=O) groups is 2. The Morgan fingerprint density at radius 1 is 1.18 bits per heavy atom. The van der Waals surface area contributed by atoms with Gasteiger partial charge in [-0.1, -0.05) is 37.6 Å². The van der Waals surface area contributed by atoms with Gasteiger partial charge in [0.15, 0.2) is 0 Å². The molecule has 0 N–H and O–H groups in total. The van der Waals surface area contributed by atoms with Crippen molar-refractivity contribution >= 4 is 24.0 Å². The van der Waals surface area contributed by atoms with Gasteiger partial charge in [-0.3, -0.25) is 0 Å². The molecule has 4 nitrogen and oxygen atoms in total. The molecule has 1 rings (SSSR count). The van der Waals surface area contributed by atoms with Crippen LogP contribution in [0.1, 0.15) is 40.2 Å². The van der Waals surface area contributed by atoms with Crippen molar-refractivity contribution in [3.63, 3.8) is 0 Å². The van der Waals surface area contributed by atoms with E-state index in [1.54, 1.807) is 40.0 Å². The Kier molecular flexibility index (Phi) is 5.63. The maximum atomic E-state index is 12.2. The van der Waals surface area contributed by atoms with Crippen LogP contribution in [0, 0.1) is 0 Å². The van der Waals surface area contributed by atoms with Gasteiger partial charge in [0.1, 0.15) is 11.9 Å². The van der Waals surface area contributed by atoms with Crippen LogP contribution in [0.4, 0.5) is 4.79 Å². The Morgan fingerprint density at radius 2 is 1.68 bits per heavy atom. The number of benzene rings is 1. The van der Waals surface area contributed by atoms with Crippen molar-refractivity contribution in [1.82, 2.24) is 4.90 Å². The van der Waals surface area contributed by atoms with E-state index in [-0.39, 0.29) is 0 Å². The smallest absolute Gasteiger partial charge is 0.410 e. The molecule has 0 heterocycles. The van der Waals surface area contributed by atoms with E-state index in [4.69, 9.17) is 16.3 Å². The van der Waals surface area contributed by atoms with Crippen molar-refractivity contribution in [1.29, 1.82) is 0 Å². The van der Waals surface area contributed by atoms with Crippen molar-refractivity contribution < 1.29 is 14.3 Å². The Labute approximate surface area is 137 Å². The SMILES string of the molecule is CN(C(=O)OC(C)(C)C)C(C=O)C(C)(C)c1ccc(Cl)cc1. The van der Waals surface area contributed by atoms with Crippen LogP contribution in [0.5, 0.6) is 0 Å². The second-order valence-corrected chi connectivity index (χ2v) is 7.34. The summed E-state index contributed by atoms with van der Waals surface area (Å²) in [4.78, 5) is 25.2. The van der Waals surface area contributed by atoms with Gasteiger partial charge in [-0.15, -0.1) is 0 Å². The Bertz CT molecular complexity index is 532. The number of aldehydes is 1. The van der Waals surface area contributed by atoms with E-state index in [0.29, 0.717) is 5.02 Å².